The molecule has 1 aliphatic rings. The predicted octanol–water partition coefficient (Wildman–Crippen LogP) is 16.1. The molecule has 0 aliphatic heterocycles. The molecule has 2 aromatic heterocycles. The van der Waals surface area contributed by atoms with Gasteiger partial charge in [-0.2, -0.15) is 0 Å². The molecule has 12 rings (SSSR count). The lowest BCUT2D eigenvalue weighted by atomic mass is 9.74. The van der Waals surface area contributed by atoms with Crippen molar-refractivity contribution in [2.24, 2.45) is 0 Å². The fourth-order valence-corrected chi connectivity index (χ4v) is 10.7. The van der Waals surface area contributed by atoms with Crippen LogP contribution in [0.4, 0.5) is 17.1 Å². The topological polar surface area (TPSA) is 16.4 Å². The second kappa shape index (κ2) is 13.7. The maximum atomic E-state index is 6.36. The molecule has 2 nitrogen and oxygen atoms in total. The molecule has 0 spiro atoms. The van der Waals surface area contributed by atoms with Gasteiger partial charge in [0, 0.05) is 42.9 Å². The Morgan fingerprint density at radius 3 is 2.02 bits per heavy atom. The second-order valence-corrected chi connectivity index (χ2v) is 16.6. The van der Waals surface area contributed by atoms with Gasteiger partial charge >= 0.3 is 0 Å². The standard InChI is InChI=1S/C56H37NOS/c1-3-14-36(15-4-1)38-28-31-44-47(33-39-16-7-8-19-43(39)49(44)32-38)40-34-48(56-50(35-40)45-20-10-12-25-54(45)59-56)37-26-29-42(30-27-37)57(41-17-5-2-6-18-41)51-22-13-24-53-55(51)46-21-9-11-23-52(46)58-53/h1-32,34-35,47H,33H2/t47-/m1/s1. The molecule has 59 heavy (non-hydrogen) atoms. The second-order valence-electron chi connectivity index (χ2n) is 15.6. The third-order valence-electron chi connectivity index (χ3n) is 12.2. The summed E-state index contributed by atoms with van der Waals surface area (Å²) in [7, 11) is 0. The van der Waals surface area contributed by atoms with E-state index in [1.54, 1.807) is 0 Å². The van der Waals surface area contributed by atoms with Crippen LogP contribution in [0.2, 0.25) is 0 Å². The number of rotatable bonds is 6. The van der Waals surface area contributed by atoms with Crippen molar-refractivity contribution in [1.82, 2.24) is 0 Å². The quantitative estimate of drug-likeness (QED) is 0.167. The van der Waals surface area contributed by atoms with Gasteiger partial charge < -0.3 is 9.32 Å². The Kier molecular flexibility index (Phi) is 7.89. The van der Waals surface area contributed by atoms with Gasteiger partial charge in [-0.05, 0) is 123 Å². The third kappa shape index (κ3) is 5.61. The van der Waals surface area contributed by atoms with E-state index in [0.717, 1.165) is 45.4 Å². The molecule has 0 saturated carbocycles. The van der Waals surface area contributed by atoms with Crippen LogP contribution in [0, 0.1) is 0 Å². The van der Waals surface area contributed by atoms with Crippen LogP contribution in [0.5, 0.6) is 0 Å². The van der Waals surface area contributed by atoms with E-state index in [1.165, 1.54) is 70.2 Å². The molecule has 0 unspecified atom stereocenters. The summed E-state index contributed by atoms with van der Waals surface area (Å²) in [6.07, 6.45) is 0.958. The molecule has 0 fully saturated rings. The highest BCUT2D eigenvalue weighted by Crippen LogP contribution is 2.49. The zero-order valence-corrected chi connectivity index (χ0v) is 33.0. The molecule has 3 heteroatoms. The van der Waals surface area contributed by atoms with E-state index in [1.807, 2.05) is 17.4 Å². The average molecular weight is 772 g/mol. The molecular weight excluding hydrogens is 735 g/mol. The maximum absolute atomic E-state index is 6.36. The largest absolute Gasteiger partial charge is 0.456 e. The van der Waals surface area contributed by atoms with Gasteiger partial charge in [0.15, 0.2) is 0 Å². The summed E-state index contributed by atoms with van der Waals surface area (Å²) < 4.78 is 9.00. The van der Waals surface area contributed by atoms with Gasteiger partial charge in [0.2, 0.25) is 0 Å². The minimum absolute atomic E-state index is 0.213. The van der Waals surface area contributed by atoms with Crippen molar-refractivity contribution in [2.75, 3.05) is 4.90 Å². The van der Waals surface area contributed by atoms with Crippen molar-refractivity contribution in [3.05, 3.63) is 223 Å². The van der Waals surface area contributed by atoms with E-state index in [-0.39, 0.29) is 5.92 Å². The molecule has 0 bridgehead atoms. The van der Waals surface area contributed by atoms with E-state index in [2.05, 4.69) is 205 Å². The van der Waals surface area contributed by atoms with E-state index in [0.29, 0.717) is 0 Å². The van der Waals surface area contributed by atoms with Crippen molar-refractivity contribution in [3.8, 4) is 33.4 Å². The highest BCUT2D eigenvalue weighted by molar-refractivity contribution is 7.26. The van der Waals surface area contributed by atoms with Crippen LogP contribution < -0.4 is 4.90 Å². The van der Waals surface area contributed by atoms with Crippen LogP contribution in [-0.2, 0) is 6.42 Å². The molecule has 1 atom stereocenters. The van der Waals surface area contributed by atoms with Crippen LogP contribution in [0.1, 0.15) is 22.6 Å². The monoisotopic (exact) mass is 771 g/mol. The first-order chi connectivity index (χ1) is 29.2. The first kappa shape index (κ1) is 33.9. The molecule has 0 radical (unpaired) electrons. The van der Waals surface area contributed by atoms with Crippen LogP contribution in [0.3, 0.4) is 0 Å². The summed E-state index contributed by atoms with van der Waals surface area (Å²) in [4.78, 5) is 2.36. The first-order valence-electron chi connectivity index (χ1n) is 20.3. The van der Waals surface area contributed by atoms with E-state index < -0.39 is 0 Å². The van der Waals surface area contributed by atoms with Crippen LogP contribution in [-0.4, -0.2) is 0 Å². The summed E-state index contributed by atoms with van der Waals surface area (Å²) in [6, 6.07) is 75.3. The maximum Gasteiger partial charge on any atom is 0.137 e. The smallest absolute Gasteiger partial charge is 0.137 e. The number of hydrogen-bond donors (Lipinski definition) is 0. The predicted molar refractivity (Wildman–Crippen MR) is 250 cm³/mol. The van der Waals surface area contributed by atoms with E-state index in [9.17, 15) is 0 Å². The van der Waals surface area contributed by atoms with Crippen LogP contribution >= 0.6 is 11.3 Å². The zero-order chi connectivity index (χ0) is 38.9. The van der Waals surface area contributed by atoms with Crippen molar-refractivity contribution in [1.29, 1.82) is 0 Å². The summed E-state index contributed by atoms with van der Waals surface area (Å²) in [5.41, 5.74) is 16.9. The Balaban J connectivity index is 1.02. The van der Waals surface area contributed by atoms with Gasteiger partial charge in [-0.1, -0.05) is 140 Å². The van der Waals surface area contributed by atoms with Gasteiger partial charge in [-0.15, -0.1) is 11.3 Å². The summed E-state index contributed by atoms with van der Waals surface area (Å²) >= 11 is 1.90. The Morgan fingerprint density at radius 1 is 0.458 bits per heavy atom. The van der Waals surface area contributed by atoms with Crippen molar-refractivity contribution >= 4 is 70.5 Å². The third-order valence-corrected chi connectivity index (χ3v) is 13.5. The first-order valence-corrected chi connectivity index (χ1v) is 21.2. The summed E-state index contributed by atoms with van der Waals surface area (Å²) in [5.74, 6) is 0.213. The van der Waals surface area contributed by atoms with E-state index >= 15 is 0 Å². The minimum atomic E-state index is 0.213. The van der Waals surface area contributed by atoms with Gasteiger partial charge in [-0.3, -0.25) is 0 Å². The molecule has 9 aromatic carbocycles. The summed E-state index contributed by atoms with van der Waals surface area (Å²) in [6.45, 7) is 0. The number of para-hydroxylation sites is 2. The highest BCUT2D eigenvalue weighted by atomic mass is 32.1. The lowest BCUT2D eigenvalue weighted by Gasteiger charge is -2.29. The molecule has 0 amide bonds. The molecule has 11 aromatic rings. The number of thiophene rings is 1. The number of fused-ring (bicyclic) bond motifs is 9. The highest BCUT2D eigenvalue weighted by Gasteiger charge is 2.28. The number of hydrogen-bond acceptors (Lipinski definition) is 3. The number of anilines is 3. The van der Waals surface area contributed by atoms with Gasteiger partial charge in [0.25, 0.3) is 0 Å². The molecular formula is C56H37NOS. The number of furan rings is 1. The van der Waals surface area contributed by atoms with Gasteiger partial charge in [-0.25, -0.2) is 0 Å². The van der Waals surface area contributed by atoms with Crippen molar-refractivity contribution < 1.29 is 4.42 Å². The Bertz CT molecular complexity index is 3360. The van der Waals surface area contributed by atoms with E-state index in [4.69, 9.17) is 4.42 Å². The number of nitrogens with zero attached hydrogens (tertiary/aromatic N) is 1. The average Bonchev–Trinajstić information content (AvgIpc) is 3.88. The Hall–Kier alpha value is -7.20. The molecule has 0 N–H and O–H groups in total. The van der Waals surface area contributed by atoms with Crippen LogP contribution in [0.15, 0.2) is 211 Å². The lowest BCUT2D eigenvalue weighted by Crippen LogP contribution is -2.13. The Labute approximate surface area is 346 Å². The normalized spacial score (nSPS) is 13.5. The van der Waals surface area contributed by atoms with Crippen molar-refractivity contribution in [3.63, 3.8) is 0 Å². The molecule has 1 aliphatic carbocycles. The fourth-order valence-electron chi connectivity index (χ4n) is 9.49. The summed E-state index contributed by atoms with van der Waals surface area (Å²) in [5, 5.41) is 4.87. The zero-order valence-electron chi connectivity index (χ0n) is 32.2. The number of benzene rings is 9. The van der Waals surface area contributed by atoms with Crippen LogP contribution in [0.25, 0.3) is 75.5 Å². The lowest BCUT2D eigenvalue weighted by molar-refractivity contribution is 0.669. The molecule has 2 heterocycles. The fraction of sp³-hybridized carbons (Fsp3) is 0.0357. The molecule has 0 saturated heterocycles. The van der Waals surface area contributed by atoms with Gasteiger partial charge in [0.05, 0.1) is 11.1 Å². The SMILES string of the molecule is c1ccc(-c2ccc3c(c2)-c2ccccc2C[C@@H]3c2cc(-c3ccc(N(c4ccccc4)c4cccc5oc6ccccc6c45)cc3)c3sc4ccccc4c3c2)cc1. The van der Waals surface area contributed by atoms with Crippen molar-refractivity contribution in [2.45, 2.75) is 12.3 Å². The Morgan fingerprint density at radius 2 is 1.15 bits per heavy atom. The minimum Gasteiger partial charge on any atom is -0.456 e. The molecule has 278 valence electrons. The van der Waals surface area contributed by atoms with Gasteiger partial charge in [0.1, 0.15) is 11.2 Å².